The fourth-order valence-electron chi connectivity index (χ4n) is 2.12. The number of esters is 1. The van der Waals surface area contributed by atoms with Crippen molar-refractivity contribution in [2.24, 2.45) is 0 Å². The van der Waals surface area contributed by atoms with E-state index in [0.29, 0.717) is 0 Å². The molecule has 0 heterocycles. The number of benzene rings is 1. The van der Waals surface area contributed by atoms with Crippen molar-refractivity contribution in [3.63, 3.8) is 0 Å². The van der Waals surface area contributed by atoms with Crippen molar-refractivity contribution in [3.05, 3.63) is 29.3 Å². The highest BCUT2D eigenvalue weighted by atomic mass is 16.5. The average molecular weight is 294 g/mol. The lowest BCUT2D eigenvalue weighted by molar-refractivity contribution is -0.146. The van der Waals surface area contributed by atoms with E-state index in [1.807, 2.05) is 25.1 Å². The fraction of sp³-hybridized carbons (Fsp3) is 0.588. The predicted octanol–water partition coefficient (Wildman–Crippen LogP) is 3.02. The van der Waals surface area contributed by atoms with Gasteiger partial charge in [0.1, 0.15) is 12.4 Å². The van der Waals surface area contributed by atoms with Gasteiger partial charge in [-0.05, 0) is 30.4 Å². The number of carbonyl (C=O) groups is 1. The molecule has 0 saturated heterocycles. The van der Waals surface area contributed by atoms with Gasteiger partial charge in [-0.15, -0.1) is 0 Å². The van der Waals surface area contributed by atoms with Crippen LogP contribution in [0.4, 0.5) is 0 Å². The SMILES string of the molecule is CCC(C)(C)c1cc(C(C)C(=O)OCCO)ccc1OC. The van der Waals surface area contributed by atoms with Gasteiger partial charge in [0, 0.05) is 5.56 Å². The normalized spacial score (nSPS) is 12.9. The van der Waals surface area contributed by atoms with E-state index >= 15 is 0 Å². The molecule has 0 amide bonds. The number of aliphatic hydroxyl groups excluding tert-OH is 1. The van der Waals surface area contributed by atoms with E-state index in [1.54, 1.807) is 7.11 Å². The summed E-state index contributed by atoms with van der Waals surface area (Å²) in [7, 11) is 1.66. The Bertz CT molecular complexity index is 480. The quantitative estimate of drug-likeness (QED) is 0.785. The van der Waals surface area contributed by atoms with Crippen LogP contribution < -0.4 is 4.74 Å². The number of hydrogen-bond donors (Lipinski definition) is 1. The molecule has 0 aliphatic rings. The van der Waals surface area contributed by atoms with Crippen molar-refractivity contribution in [1.82, 2.24) is 0 Å². The van der Waals surface area contributed by atoms with Gasteiger partial charge in [0.05, 0.1) is 19.6 Å². The molecular formula is C17H26O4. The van der Waals surface area contributed by atoms with Gasteiger partial charge in [0.25, 0.3) is 0 Å². The van der Waals surface area contributed by atoms with Gasteiger partial charge in [0.2, 0.25) is 0 Å². The van der Waals surface area contributed by atoms with Crippen LogP contribution in [0, 0.1) is 0 Å². The molecule has 1 N–H and O–H groups in total. The Morgan fingerprint density at radius 1 is 1.38 bits per heavy atom. The molecule has 1 unspecified atom stereocenters. The van der Waals surface area contributed by atoms with Gasteiger partial charge in [0.15, 0.2) is 0 Å². The van der Waals surface area contributed by atoms with Gasteiger partial charge in [-0.3, -0.25) is 4.79 Å². The lowest BCUT2D eigenvalue weighted by Crippen LogP contribution is -2.19. The number of carbonyl (C=O) groups excluding carboxylic acids is 1. The van der Waals surface area contributed by atoms with Crippen LogP contribution in [0.5, 0.6) is 5.75 Å². The van der Waals surface area contributed by atoms with Gasteiger partial charge < -0.3 is 14.6 Å². The van der Waals surface area contributed by atoms with Crippen molar-refractivity contribution in [2.75, 3.05) is 20.3 Å². The van der Waals surface area contributed by atoms with Crippen molar-refractivity contribution in [3.8, 4) is 5.75 Å². The van der Waals surface area contributed by atoms with Crippen LogP contribution in [0.25, 0.3) is 0 Å². The van der Waals surface area contributed by atoms with Crippen LogP contribution in [0.15, 0.2) is 18.2 Å². The molecule has 0 aliphatic heterocycles. The highest BCUT2D eigenvalue weighted by molar-refractivity contribution is 5.78. The van der Waals surface area contributed by atoms with Crippen molar-refractivity contribution in [2.45, 2.75) is 45.4 Å². The standard InChI is InChI=1S/C17H26O4/c1-6-17(3,4)14-11-13(7-8-15(14)20-5)12(2)16(19)21-10-9-18/h7-8,11-12,18H,6,9-10H2,1-5H3. The predicted molar refractivity (Wildman–Crippen MR) is 82.8 cm³/mol. The zero-order valence-corrected chi connectivity index (χ0v) is 13.6. The van der Waals surface area contributed by atoms with E-state index in [2.05, 4.69) is 20.8 Å². The number of rotatable bonds is 7. The molecule has 0 fully saturated rings. The maximum Gasteiger partial charge on any atom is 0.313 e. The summed E-state index contributed by atoms with van der Waals surface area (Å²) < 4.78 is 10.4. The third kappa shape index (κ3) is 4.21. The molecule has 1 aromatic rings. The third-order valence-corrected chi connectivity index (χ3v) is 4.03. The molecule has 118 valence electrons. The molecule has 4 nitrogen and oxygen atoms in total. The second kappa shape index (κ2) is 7.46. The van der Waals surface area contributed by atoms with E-state index < -0.39 is 0 Å². The second-order valence-corrected chi connectivity index (χ2v) is 5.81. The molecule has 0 saturated carbocycles. The van der Waals surface area contributed by atoms with Crippen LogP contribution in [-0.4, -0.2) is 31.4 Å². The molecule has 1 rings (SSSR count). The smallest absolute Gasteiger partial charge is 0.313 e. The van der Waals surface area contributed by atoms with Crippen LogP contribution in [-0.2, 0) is 14.9 Å². The molecule has 0 spiro atoms. The first kappa shape index (κ1) is 17.5. The largest absolute Gasteiger partial charge is 0.496 e. The molecule has 0 aliphatic carbocycles. The molecule has 0 radical (unpaired) electrons. The Hall–Kier alpha value is -1.55. The first-order valence-electron chi connectivity index (χ1n) is 7.33. The zero-order valence-electron chi connectivity index (χ0n) is 13.6. The van der Waals surface area contributed by atoms with E-state index in [0.717, 1.165) is 23.3 Å². The molecular weight excluding hydrogens is 268 g/mol. The maximum atomic E-state index is 11.9. The Kier molecular flexibility index (Phi) is 6.21. The summed E-state index contributed by atoms with van der Waals surface area (Å²) in [5, 5.41) is 8.72. The third-order valence-electron chi connectivity index (χ3n) is 4.03. The van der Waals surface area contributed by atoms with E-state index in [9.17, 15) is 4.79 Å². The lowest BCUT2D eigenvalue weighted by atomic mass is 9.80. The van der Waals surface area contributed by atoms with Crippen molar-refractivity contribution in [1.29, 1.82) is 0 Å². The average Bonchev–Trinajstić information content (AvgIpc) is 2.51. The van der Waals surface area contributed by atoms with Gasteiger partial charge in [-0.2, -0.15) is 0 Å². The summed E-state index contributed by atoms with van der Waals surface area (Å²) in [6.45, 7) is 8.13. The fourth-order valence-corrected chi connectivity index (χ4v) is 2.12. The monoisotopic (exact) mass is 294 g/mol. The number of ether oxygens (including phenoxy) is 2. The lowest BCUT2D eigenvalue weighted by Gasteiger charge is -2.27. The summed E-state index contributed by atoms with van der Waals surface area (Å²) in [5.41, 5.74) is 1.96. The summed E-state index contributed by atoms with van der Waals surface area (Å²) >= 11 is 0. The summed E-state index contributed by atoms with van der Waals surface area (Å²) in [4.78, 5) is 11.9. The van der Waals surface area contributed by atoms with Gasteiger partial charge in [-0.25, -0.2) is 0 Å². The molecule has 0 bridgehead atoms. The van der Waals surface area contributed by atoms with Gasteiger partial charge in [-0.1, -0.05) is 32.9 Å². The second-order valence-electron chi connectivity index (χ2n) is 5.81. The van der Waals surface area contributed by atoms with Crippen molar-refractivity contribution < 1.29 is 19.4 Å². The Morgan fingerprint density at radius 3 is 2.57 bits per heavy atom. The Balaban J connectivity index is 3.10. The highest BCUT2D eigenvalue weighted by Gasteiger charge is 2.25. The number of hydrogen-bond acceptors (Lipinski definition) is 4. The minimum Gasteiger partial charge on any atom is -0.496 e. The van der Waals surface area contributed by atoms with E-state index in [-0.39, 0.29) is 30.5 Å². The molecule has 1 aromatic carbocycles. The van der Waals surface area contributed by atoms with Crippen LogP contribution in [0.1, 0.15) is 51.2 Å². The van der Waals surface area contributed by atoms with E-state index in [1.165, 1.54) is 0 Å². The number of aliphatic hydroxyl groups is 1. The Labute approximate surface area is 127 Å². The summed E-state index contributed by atoms with van der Waals surface area (Å²) in [5.74, 6) is 0.143. The maximum absolute atomic E-state index is 11.9. The topological polar surface area (TPSA) is 55.8 Å². The van der Waals surface area contributed by atoms with Crippen molar-refractivity contribution >= 4 is 5.97 Å². The van der Waals surface area contributed by atoms with Crippen LogP contribution in [0.3, 0.4) is 0 Å². The van der Waals surface area contributed by atoms with Crippen LogP contribution in [0.2, 0.25) is 0 Å². The first-order chi connectivity index (χ1) is 9.87. The molecule has 4 heteroatoms. The van der Waals surface area contributed by atoms with Gasteiger partial charge >= 0.3 is 5.97 Å². The Morgan fingerprint density at radius 2 is 2.05 bits per heavy atom. The van der Waals surface area contributed by atoms with Crippen LogP contribution >= 0.6 is 0 Å². The minimum atomic E-state index is -0.367. The molecule has 1 atom stereocenters. The number of methoxy groups -OCH3 is 1. The van der Waals surface area contributed by atoms with E-state index in [4.69, 9.17) is 14.6 Å². The molecule has 21 heavy (non-hydrogen) atoms. The summed E-state index contributed by atoms with van der Waals surface area (Å²) in [6.07, 6.45) is 0.968. The zero-order chi connectivity index (χ0) is 16.0. The minimum absolute atomic E-state index is 0.0317. The molecule has 0 aromatic heterocycles. The first-order valence-corrected chi connectivity index (χ1v) is 7.33. The highest BCUT2D eigenvalue weighted by Crippen LogP contribution is 2.36. The summed E-state index contributed by atoms with van der Waals surface area (Å²) in [6, 6.07) is 5.81.